The number of hydrogen-bond donors (Lipinski definition) is 0. The predicted molar refractivity (Wildman–Crippen MR) is 96.8 cm³/mol. The Labute approximate surface area is 157 Å². The molecule has 0 unspecified atom stereocenters. The molecule has 2 aliphatic heterocycles. The third-order valence-electron chi connectivity index (χ3n) is 5.46. The lowest BCUT2D eigenvalue weighted by Crippen LogP contribution is -2.46. The second kappa shape index (κ2) is 7.40. The first-order chi connectivity index (χ1) is 13.0. The summed E-state index contributed by atoms with van der Waals surface area (Å²) < 4.78 is 24.3. The van der Waals surface area contributed by atoms with Crippen LogP contribution in [-0.4, -0.2) is 59.8 Å². The van der Waals surface area contributed by atoms with Crippen LogP contribution in [0.25, 0.3) is 0 Å². The van der Waals surface area contributed by atoms with E-state index in [1.165, 1.54) is 12.1 Å². The highest BCUT2D eigenvalue weighted by atomic mass is 19.1. The summed E-state index contributed by atoms with van der Waals surface area (Å²) in [5, 5.41) is 4.05. The van der Waals surface area contributed by atoms with Gasteiger partial charge in [0.15, 0.2) is 0 Å². The number of amides is 1. The number of halogens is 1. The van der Waals surface area contributed by atoms with Crippen LogP contribution in [-0.2, 0) is 11.3 Å². The third kappa shape index (κ3) is 3.75. The average molecular weight is 373 g/mol. The predicted octanol–water partition coefficient (Wildman–Crippen LogP) is 2.40. The van der Waals surface area contributed by atoms with Crippen molar-refractivity contribution in [1.82, 2.24) is 15.0 Å². The van der Waals surface area contributed by atoms with Crippen LogP contribution in [0, 0.1) is 25.6 Å². The molecule has 1 amide bonds. The molecule has 7 heteroatoms. The first-order valence-electron chi connectivity index (χ1n) is 9.29. The van der Waals surface area contributed by atoms with E-state index in [-0.39, 0.29) is 23.7 Å². The summed E-state index contributed by atoms with van der Waals surface area (Å²) >= 11 is 0. The van der Waals surface area contributed by atoms with E-state index in [0.717, 1.165) is 36.7 Å². The van der Waals surface area contributed by atoms with Gasteiger partial charge in [-0.2, -0.15) is 0 Å². The summed E-state index contributed by atoms with van der Waals surface area (Å²) in [5.41, 5.74) is 2.55. The molecule has 6 nitrogen and oxygen atoms in total. The number of carbonyl (C=O) groups is 1. The molecule has 2 bridgehead atoms. The first kappa shape index (κ1) is 18.1. The monoisotopic (exact) mass is 373 g/mol. The van der Waals surface area contributed by atoms with Crippen molar-refractivity contribution in [3.05, 3.63) is 52.7 Å². The number of benzene rings is 1. The van der Waals surface area contributed by atoms with Crippen molar-refractivity contribution in [1.29, 1.82) is 0 Å². The van der Waals surface area contributed by atoms with Crippen molar-refractivity contribution in [3.63, 3.8) is 0 Å². The van der Waals surface area contributed by atoms with Crippen molar-refractivity contribution in [2.24, 2.45) is 5.92 Å². The van der Waals surface area contributed by atoms with Crippen LogP contribution in [0.2, 0.25) is 0 Å². The Hall–Kier alpha value is -2.25. The number of nitrogens with zero attached hydrogens (tertiary/aromatic N) is 3. The zero-order chi connectivity index (χ0) is 19.0. The van der Waals surface area contributed by atoms with Gasteiger partial charge in [0.25, 0.3) is 5.91 Å². The minimum absolute atomic E-state index is 0.0319. The average Bonchev–Trinajstić information content (AvgIpc) is 2.81. The van der Waals surface area contributed by atoms with Crippen LogP contribution in [0.5, 0.6) is 0 Å². The number of carbonyl (C=O) groups excluding carboxylic acids is 1. The van der Waals surface area contributed by atoms with E-state index in [1.54, 1.807) is 12.1 Å². The molecule has 144 valence electrons. The van der Waals surface area contributed by atoms with Gasteiger partial charge < -0.3 is 14.2 Å². The van der Waals surface area contributed by atoms with Gasteiger partial charge in [0, 0.05) is 43.2 Å². The van der Waals surface area contributed by atoms with Crippen molar-refractivity contribution in [2.75, 3.05) is 32.8 Å². The Morgan fingerprint density at radius 2 is 1.96 bits per heavy atom. The molecule has 2 aliphatic rings. The Morgan fingerprint density at radius 1 is 1.19 bits per heavy atom. The van der Waals surface area contributed by atoms with Gasteiger partial charge in [-0.25, -0.2) is 4.39 Å². The highest BCUT2D eigenvalue weighted by Crippen LogP contribution is 2.24. The van der Waals surface area contributed by atoms with Crippen LogP contribution in [0.4, 0.5) is 4.39 Å². The molecule has 1 aromatic heterocycles. The normalized spacial score (nSPS) is 23.3. The lowest BCUT2D eigenvalue weighted by Gasteiger charge is -2.31. The van der Waals surface area contributed by atoms with Gasteiger partial charge in [0.2, 0.25) is 0 Å². The fraction of sp³-hybridized carbons (Fsp3) is 0.500. The maximum absolute atomic E-state index is 13.2. The minimum atomic E-state index is -0.338. The van der Waals surface area contributed by atoms with Crippen LogP contribution < -0.4 is 0 Å². The molecule has 0 N–H and O–H groups in total. The van der Waals surface area contributed by atoms with E-state index >= 15 is 0 Å². The molecule has 2 atom stereocenters. The molecule has 27 heavy (non-hydrogen) atoms. The molecular formula is C20H24FN3O3. The Bertz CT molecular complexity index is 801. The molecule has 0 saturated carbocycles. The highest BCUT2D eigenvalue weighted by molar-refractivity contribution is 5.94. The minimum Gasteiger partial charge on any atom is -0.379 e. The summed E-state index contributed by atoms with van der Waals surface area (Å²) in [7, 11) is 0. The zero-order valence-corrected chi connectivity index (χ0v) is 15.7. The number of fused-ring (bicyclic) bond motifs is 3. The molecule has 2 aromatic rings. The summed E-state index contributed by atoms with van der Waals surface area (Å²) in [6.07, 6.45) is 0. The van der Waals surface area contributed by atoms with Gasteiger partial charge in [-0.3, -0.25) is 9.69 Å². The smallest absolute Gasteiger partial charge is 0.254 e. The summed E-state index contributed by atoms with van der Waals surface area (Å²) in [6, 6.07) is 5.73. The number of aromatic nitrogens is 1. The molecule has 2 fully saturated rings. The summed E-state index contributed by atoms with van der Waals surface area (Å²) in [5.74, 6) is 0.685. The van der Waals surface area contributed by atoms with Crippen molar-refractivity contribution >= 4 is 5.91 Å². The fourth-order valence-corrected chi connectivity index (χ4v) is 4.03. The molecule has 2 saturated heterocycles. The van der Waals surface area contributed by atoms with Gasteiger partial charge in [-0.15, -0.1) is 0 Å². The van der Waals surface area contributed by atoms with E-state index in [0.29, 0.717) is 25.3 Å². The lowest BCUT2D eigenvalue weighted by molar-refractivity contribution is 0.0423. The van der Waals surface area contributed by atoms with E-state index in [9.17, 15) is 9.18 Å². The summed E-state index contributed by atoms with van der Waals surface area (Å²) in [6.45, 7) is 8.04. The molecule has 3 heterocycles. The Kier molecular flexibility index (Phi) is 4.97. The van der Waals surface area contributed by atoms with Crippen molar-refractivity contribution < 1.29 is 18.4 Å². The van der Waals surface area contributed by atoms with Gasteiger partial charge in [0.1, 0.15) is 11.6 Å². The standard InChI is InChI=1S/C20H24FN3O3/c1-13-19(14(2)27-22-13)10-23-7-15-8-24(18(9-23)12-26-11-15)20(25)16-3-5-17(21)6-4-16/h3-6,15,18H,7-12H2,1-2H3/t15-,18-/m0/s1. The number of rotatable bonds is 3. The SMILES string of the molecule is Cc1noc(C)c1CN1C[C@@H]2COC[C@H](C1)N(C(=O)c1ccc(F)cc1)C2. The van der Waals surface area contributed by atoms with Gasteiger partial charge >= 0.3 is 0 Å². The molecule has 0 aliphatic carbocycles. The Balaban J connectivity index is 1.54. The van der Waals surface area contributed by atoms with Crippen molar-refractivity contribution in [2.45, 2.75) is 26.4 Å². The van der Waals surface area contributed by atoms with Crippen LogP contribution >= 0.6 is 0 Å². The second-order valence-corrected chi connectivity index (χ2v) is 7.52. The number of ether oxygens (including phenoxy) is 1. The quantitative estimate of drug-likeness (QED) is 0.827. The zero-order valence-electron chi connectivity index (χ0n) is 15.7. The summed E-state index contributed by atoms with van der Waals surface area (Å²) in [4.78, 5) is 17.3. The Morgan fingerprint density at radius 3 is 2.67 bits per heavy atom. The maximum Gasteiger partial charge on any atom is 0.254 e. The number of hydrogen-bond acceptors (Lipinski definition) is 5. The molecule has 0 radical (unpaired) electrons. The molecular weight excluding hydrogens is 349 g/mol. The fourth-order valence-electron chi connectivity index (χ4n) is 4.03. The molecule has 4 rings (SSSR count). The van der Waals surface area contributed by atoms with Crippen LogP contribution in [0.15, 0.2) is 28.8 Å². The largest absolute Gasteiger partial charge is 0.379 e. The maximum atomic E-state index is 13.2. The highest BCUT2D eigenvalue weighted by Gasteiger charge is 2.36. The van der Waals surface area contributed by atoms with E-state index in [4.69, 9.17) is 9.26 Å². The van der Waals surface area contributed by atoms with Crippen LogP contribution in [0.1, 0.15) is 27.4 Å². The third-order valence-corrected chi connectivity index (χ3v) is 5.46. The second-order valence-electron chi connectivity index (χ2n) is 7.52. The molecule has 1 aromatic carbocycles. The van der Waals surface area contributed by atoms with E-state index in [1.807, 2.05) is 18.7 Å². The van der Waals surface area contributed by atoms with Gasteiger partial charge in [-0.05, 0) is 38.1 Å². The van der Waals surface area contributed by atoms with Gasteiger partial charge in [0.05, 0.1) is 24.9 Å². The lowest BCUT2D eigenvalue weighted by atomic mass is 10.1. The van der Waals surface area contributed by atoms with Crippen molar-refractivity contribution in [3.8, 4) is 0 Å². The first-order valence-corrected chi connectivity index (χ1v) is 9.29. The number of aryl methyl sites for hydroxylation is 2. The van der Waals surface area contributed by atoms with E-state index in [2.05, 4.69) is 10.1 Å². The van der Waals surface area contributed by atoms with Crippen LogP contribution in [0.3, 0.4) is 0 Å². The van der Waals surface area contributed by atoms with E-state index < -0.39 is 0 Å². The van der Waals surface area contributed by atoms with Gasteiger partial charge in [-0.1, -0.05) is 5.16 Å². The topological polar surface area (TPSA) is 58.8 Å². The molecule has 0 spiro atoms.